The van der Waals surface area contributed by atoms with Crippen molar-refractivity contribution in [3.05, 3.63) is 52.2 Å². The van der Waals surface area contributed by atoms with E-state index < -0.39 is 0 Å². The Balaban J connectivity index is 1.28. The summed E-state index contributed by atoms with van der Waals surface area (Å²) in [4.78, 5) is 28.3. The van der Waals surface area contributed by atoms with Crippen LogP contribution in [-0.4, -0.2) is 37.5 Å². The van der Waals surface area contributed by atoms with Crippen LogP contribution in [0.25, 0.3) is 0 Å². The highest BCUT2D eigenvalue weighted by atomic mass is 16.1. The minimum absolute atomic E-state index is 0.0732. The van der Waals surface area contributed by atoms with Gasteiger partial charge in [-0.25, -0.2) is 15.0 Å². The number of nitrogens with zero attached hydrogens (tertiary/aromatic N) is 5. The molecule has 3 heterocycles. The summed E-state index contributed by atoms with van der Waals surface area (Å²) in [7, 11) is 0. The van der Waals surface area contributed by atoms with Crippen LogP contribution >= 0.6 is 0 Å². The van der Waals surface area contributed by atoms with Crippen LogP contribution < -0.4 is 5.56 Å². The number of hydrogen-bond acceptors (Lipinski definition) is 5. The smallest absolute Gasteiger partial charge is 0.253 e. The largest absolute Gasteiger partial charge is 0.299 e. The van der Waals surface area contributed by atoms with Crippen molar-refractivity contribution in [2.45, 2.75) is 64.5 Å². The number of likely N-dealkylation sites (tertiary alicyclic amines) is 1. The van der Waals surface area contributed by atoms with Crippen LogP contribution in [0.3, 0.4) is 0 Å². The average Bonchev–Trinajstić information content (AvgIpc) is 3.51. The highest BCUT2D eigenvalue weighted by molar-refractivity contribution is 5.11. The van der Waals surface area contributed by atoms with Crippen LogP contribution in [0.1, 0.15) is 68.4 Å². The second kappa shape index (κ2) is 7.89. The van der Waals surface area contributed by atoms with Crippen LogP contribution in [0.5, 0.6) is 0 Å². The van der Waals surface area contributed by atoms with E-state index in [4.69, 9.17) is 0 Å². The lowest BCUT2D eigenvalue weighted by atomic mass is 9.96. The first-order chi connectivity index (χ1) is 13.1. The van der Waals surface area contributed by atoms with Gasteiger partial charge in [0.05, 0.1) is 12.0 Å². The molecule has 0 atom stereocenters. The van der Waals surface area contributed by atoms with Crippen molar-refractivity contribution in [3.8, 4) is 0 Å². The van der Waals surface area contributed by atoms with E-state index in [1.165, 1.54) is 18.4 Å². The third-order valence-electron chi connectivity index (χ3n) is 5.73. The van der Waals surface area contributed by atoms with Crippen molar-refractivity contribution < 1.29 is 0 Å². The van der Waals surface area contributed by atoms with Gasteiger partial charge in [0.25, 0.3) is 5.56 Å². The number of aromatic nitrogens is 4. The monoisotopic (exact) mass is 367 g/mol. The van der Waals surface area contributed by atoms with E-state index in [1.807, 2.05) is 12.4 Å². The SMILES string of the molecule is CC(C)c1cc(=O)n(CC2CCN(Cc3cnc(C4CC4)nc3)CC2)cn1. The molecule has 0 spiro atoms. The first kappa shape index (κ1) is 18.3. The quantitative estimate of drug-likeness (QED) is 0.785. The molecule has 1 aliphatic heterocycles. The Hall–Kier alpha value is -2.08. The molecule has 6 heteroatoms. The molecule has 4 rings (SSSR count). The summed E-state index contributed by atoms with van der Waals surface area (Å²) < 4.78 is 1.77. The Kier molecular flexibility index (Phi) is 5.34. The Bertz CT molecular complexity index is 817. The lowest BCUT2D eigenvalue weighted by molar-refractivity contribution is 0.166. The first-order valence-corrected chi connectivity index (χ1v) is 10.2. The van der Waals surface area contributed by atoms with E-state index in [9.17, 15) is 4.79 Å². The topological polar surface area (TPSA) is 63.9 Å². The highest BCUT2D eigenvalue weighted by Gasteiger charge is 2.26. The van der Waals surface area contributed by atoms with Crippen molar-refractivity contribution in [3.63, 3.8) is 0 Å². The summed E-state index contributed by atoms with van der Waals surface area (Å²) in [6.45, 7) is 7.93. The zero-order chi connectivity index (χ0) is 18.8. The predicted octanol–water partition coefficient (Wildman–Crippen LogP) is 2.95. The molecule has 144 valence electrons. The van der Waals surface area contributed by atoms with Gasteiger partial charge in [0.1, 0.15) is 5.82 Å². The average molecular weight is 367 g/mol. The van der Waals surface area contributed by atoms with E-state index in [-0.39, 0.29) is 11.5 Å². The number of rotatable bonds is 6. The molecule has 1 saturated heterocycles. The van der Waals surface area contributed by atoms with Gasteiger partial charge in [-0.3, -0.25) is 14.3 Å². The van der Waals surface area contributed by atoms with Crippen molar-refractivity contribution in [1.82, 2.24) is 24.4 Å². The molecule has 0 unspecified atom stereocenters. The minimum atomic E-state index is 0.0732. The molecule has 2 aliphatic rings. The molecule has 0 radical (unpaired) electrons. The molecule has 1 aliphatic carbocycles. The van der Waals surface area contributed by atoms with Crippen LogP contribution in [0.15, 0.2) is 29.6 Å². The molecule has 0 aromatic carbocycles. The normalized spacial score (nSPS) is 18.9. The highest BCUT2D eigenvalue weighted by Crippen LogP contribution is 2.37. The zero-order valence-electron chi connectivity index (χ0n) is 16.3. The molecular weight excluding hydrogens is 338 g/mol. The van der Waals surface area contributed by atoms with E-state index in [1.54, 1.807) is 17.0 Å². The van der Waals surface area contributed by atoms with Crippen LogP contribution in [0.4, 0.5) is 0 Å². The summed E-state index contributed by atoms with van der Waals surface area (Å²) in [5, 5.41) is 0. The van der Waals surface area contributed by atoms with Gasteiger partial charge in [0.15, 0.2) is 0 Å². The van der Waals surface area contributed by atoms with Gasteiger partial charge in [-0.15, -0.1) is 0 Å². The van der Waals surface area contributed by atoms with Crippen molar-refractivity contribution in [1.29, 1.82) is 0 Å². The molecular formula is C21H29N5O. The summed E-state index contributed by atoms with van der Waals surface area (Å²) in [6.07, 6.45) is 10.4. The Morgan fingerprint density at radius 1 is 1.07 bits per heavy atom. The van der Waals surface area contributed by atoms with Gasteiger partial charge >= 0.3 is 0 Å². The van der Waals surface area contributed by atoms with Gasteiger partial charge in [0, 0.05) is 43.0 Å². The Morgan fingerprint density at radius 3 is 2.37 bits per heavy atom. The fourth-order valence-corrected chi connectivity index (χ4v) is 3.76. The molecule has 0 N–H and O–H groups in total. The van der Waals surface area contributed by atoms with Crippen LogP contribution in [-0.2, 0) is 13.1 Å². The van der Waals surface area contributed by atoms with E-state index in [0.29, 0.717) is 11.8 Å². The van der Waals surface area contributed by atoms with E-state index in [0.717, 1.165) is 50.5 Å². The summed E-state index contributed by atoms with van der Waals surface area (Å²) in [6, 6.07) is 1.69. The second-order valence-electron chi connectivity index (χ2n) is 8.40. The van der Waals surface area contributed by atoms with Gasteiger partial charge < -0.3 is 0 Å². The lowest BCUT2D eigenvalue weighted by Crippen LogP contribution is -2.36. The molecule has 1 saturated carbocycles. The van der Waals surface area contributed by atoms with E-state index >= 15 is 0 Å². The zero-order valence-corrected chi connectivity index (χ0v) is 16.3. The Morgan fingerprint density at radius 2 is 1.78 bits per heavy atom. The first-order valence-electron chi connectivity index (χ1n) is 10.2. The fourth-order valence-electron chi connectivity index (χ4n) is 3.76. The van der Waals surface area contributed by atoms with Gasteiger partial charge in [-0.2, -0.15) is 0 Å². The Labute approximate surface area is 160 Å². The van der Waals surface area contributed by atoms with Gasteiger partial charge in [-0.05, 0) is 50.6 Å². The van der Waals surface area contributed by atoms with Crippen LogP contribution in [0, 0.1) is 5.92 Å². The molecule has 2 aromatic heterocycles. The maximum atomic E-state index is 12.3. The minimum Gasteiger partial charge on any atom is -0.299 e. The molecule has 6 nitrogen and oxygen atoms in total. The number of hydrogen-bond donors (Lipinski definition) is 0. The lowest BCUT2D eigenvalue weighted by Gasteiger charge is -2.32. The maximum absolute atomic E-state index is 12.3. The summed E-state index contributed by atoms with van der Waals surface area (Å²) in [5.74, 6) is 2.46. The third kappa shape index (κ3) is 4.61. The van der Waals surface area contributed by atoms with E-state index in [2.05, 4.69) is 33.7 Å². The van der Waals surface area contributed by atoms with Crippen molar-refractivity contribution >= 4 is 0 Å². The van der Waals surface area contributed by atoms with Gasteiger partial charge in [-0.1, -0.05) is 13.8 Å². The summed E-state index contributed by atoms with van der Waals surface area (Å²) >= 11 is 0. The standard InChI is InChI=1S/C21H29N5O/c1-15(2)19-9-20(27)26(14-24-19)13-16-5-7-25(8-6-16)12-17-10-22-21(23-11-17)18-3-4-18/h9-11,14-16,18H,3-8,12-13H2,1-2H3. The third-order valence-corrected chi connectivity index (χ3v) is 5.73. The molecule has 2 aromatic rings. The maximum Gasteiger partial charge on any atom is 0.253 e. The predicted molar refractivity (Wildman–Crippen MR) is 105 cm³/mol. The molecule has 27 heavy (non-hydrogen) atoms. The molecule has 0 amide bonds. The van der Waals surface area contributed by atoms with Crippen LogP contribution in [0.2, 0.25) is 0 Å². The van der Waals surface area contributed by atoms with Crippen molar-refractivity contribution in [2.75, 3.05) is 13.1 Å². The molecule has 2 fully saturated rings. The number of piperidine rings is 1. The molecule has 0 bridgehead atoms. The second-order valence-corrected chi connectivity index (χ2v) is 8.40. The fraction of sp³-hybridized carbons (Fsp3) is 0.619. The summed E-state index contributed by atoms with van der Waals surface area (Å²) in [5.41, 5.74) is 2.15. The van der Waals surface area contributed by atoms with Crippen molar-refractivity contribution in [2.24, 2.45) is 5.92 Å². The van der Waals surface area contributed by atoms with Gasteiger partial charge in [0.2, 0.25) is 0 Å².